The summed E-state index contributed by atoms with van der Waals surface area (Å²) in [5, 5.41) is 6.70. The lowest BCUT2D eigenvalue weighted by molar-refractivity contribution is 0.0928. The van der Waals surface area contributed by atoms with Gasteiger partial charge in [-0.2, -0.15) is 4.98 Å². The predicted molar refractivity (Wildman–Crippen MR) is 144 cm³/mol. The second-order valence-electron chi connectivity index (χ2n) is 9.52. The summed E-state index contributed by atoms with van der Waals surface area (Å²) in [4.78, 5) is 25.2. The van der Waals surface area contributed by atoms with Crippen molar-refractivity contribution in [3.8, 4) is 11.5 Å². The number of piperidine rings is 1. The molecule has 0 radical (unpaired) electrons. The van der Waals surface area contributed by atoms with Gasteiger partial charge in [-0.15, -0.1) is 0 Å². The normalized spacial score (nSPS) is 16.4. The Hall–Kier alpha value is -3.27. The van der Waals surface area contributed by atoms with Crippen LogP contribution in [0.3, 0.4) is 0 Å². The molecule has 3 heterocycles. The number of likely N-dealkylation sites (tertiary alicyclic amines) is 2. The Bertz CT molecular complexity index is 993. The molecule has 1 aromatic heterocycles. The average molecular weight is 513 g/mol. The largest absolute Gasteiger partial charge is 0.493 e. The fourth-order valence-electron chi connectivity index (χ4n) is 4.77. The third kappa shape index (κ3) is 8.11. The zero-order valence-corrected chi connectivity index (χ0v) is 22.1. The summed E-state index contributed by atoms with van der Waals surface area (Å²) in [6.45, 7) is 8.60. The fraction of sp³-hybridized carbons (Fsp3) is 0.593. The third-order valence-corrected chi connectivity index (χ3v) is 6.86. The average Bonchev–Trinajstić information content (AvgIpc) is 3.44. The molecule has 0 spiro atoms. The van der Waals surface area contributed by atoms with E-state index in [9.17, 15) is 4.79 Å². The highest BCUT2D eigenvalue weighted by Crippen LogP contribution is 2.31. The summed E-state index contributed by atoms with van der Waals surface area (Å²) in [6, 6.07) is 7.61. The Balaban J connectivity index is 1.26. The van der Waals surface area contributed by atoms with Crippen LogP contribution in [-0.4, -0.2) is 85.5 Å². The van der Waals surface area contributed by atoms with E-state index >= 15 is 0 Å². The van der Waals surface area contributed by atoms with Crippen molar-refractivity contribution in [2.45, 2.75) is 39.0 Å². The number of carbonyl (C=O) groups excluding carboxylic acids is 1. The van der Waals surface area contributed by atoms with Gasteiger partial charge in [-0.1, -0.05) is 0 Å². The molecular formula is C27H40N6O4. The molecule has 0 atom stereocenters. The highest BCUT2D eigenvalue weighted by molar-refractivity contribution is 5.67. The predicted octanol–water partition coefficient (Wildman–Crippen LogP) is 4.37. The highest BCUT2D eigenvalue weighted by Gasteiger charge is 2.23. The summed E-state index contributed by atoms with van der Waals surface area (Å²) in [5.41, 5.74) is 0.832. The topological polar surface area (TPSA) is 101 Å². The zero-order valence-electron chi connectivity index (χ0n) is 22.1. The molecule has 0 unspecified atom stereocenters. The summed E-state index contributed by atoms with van der Waals surface area (Å²) in [7, 11) is 1.65. The number of carbonyl (C=O) groups is 1. The van der Waals surface area contributed by atoms with Crippen molar-refractivity contribution in [2.75, 3.05) is 70.2 Å². The molecule has 0 bridgehead atoms. The minimum Gasteiger partial charge on any atom is -0.493 e. The van der Waals surface area contributed by atoms with Crippen LogP contribution in [0.2, 0.25) is 0 Å². The minimum absolute atomic E-state index is 0.213. The minimum atomic E-state index is -0.213. The maximum atomic E-state index is 11.9. The van der Waals surface area contributed by atoms with Crippen LogP contribution in [-0.2, 0) is 4.74 Å². The molecule has 2 fully saturated rings. The number of hydrogen-bond donors (Lipinski definition) is 2. The molecule has 37 heavy (non-hydrogen) atoms. The molecule has 202 valence electrons. The maximum absolute atomic E-state index is 11.9. The van der Waals surface area contributed by atoms with Gasteiger partial charge in [0.05, 0.1) is 20.3 Å². The Labute approximate surface area is 219 Å². The second kappa shape index (κ2) is 13.9. The van der Waals surface area contributed by atoms with Gasteiger partial charge < -0.3 is 34.6 Å². The number of nitrogens with zero attached hydrogens (tertiary/aromatic N) is 4. The number of amides is 1. The van der Waals surface area contributed by atoms with Gasteiger partial charge in [0, 0.05) is 44.1 Å². The van der Waals surface area contributed by atoms with E-state index in [1.807, 2.05) is 31.2 Å². The molecule has 0 saturated carbocycles. The van der Waals surface area contributed by atoms with Crippen molar-refractivity contribution >= 4 is 23.5 Å². The van der Waals surface area contributed by atoms with Crippen molar-refractivity contribution < 1.29 is 19.0 Å². The van der Waals surface area contributed by atoms with E-state index in [4.69, 9.17) is 14.2 Å². The molecule has 10 heteroatoms. The standard InChI is InChI=1S/C27H40N6O4/c1-3-36-27(34)33-16-10-21(11-17-33)20-29-25-9-12-28-26(31-25)30-22-7-8-23(35-2)24(19-22)37-18-6-15-32-13-4-5-14-32/h7-9,12,19,21H,3-6,10-11,13-18,20H2,1-2H3,(H2,28,29,30,31). The van der Waals surface area contributed by atoms with Crippen LogP contribution in [0.15, 0.2) is 30.5 Å². The van der Waals surface area contributed by atoms with Gasteiger partial charge in [0.25, 0.3) is 0 Å². The first-order valence-electron chi connectivity index (χ1n) is 13.4. The van der Waals surface area contributed by atoms with Crippen LogP contribution in [0, 0.1) is 5.92 Å². The van der Waals surface area contributed by atoms with Crippen molar-refractivity contribution in [1.82, 2.24) is 19.8 Å². The van der Waals surface area contributed by atoms with E-state index in [1.54, 1.807) is 18.2 Å². The van der Waals surface area contributed by atoms with Crippen LogP contribution in [0.5, 0.6) is 11.5 Å². The van der Waals surface area contributed by atoms with Crippen LogP contribution in [0.4, 0.5) is 22.2 Å². The van der Waals surface area contributed by atoms with Crippen molar-refractivity contribution in [3.63, 3.8) is 0 Å². The van der Waals surface area contributed by atoms with E-state index in [2.05, 4.69) is 25.5 Å². The number of methoxy groups -OCH3 is 1. The van der Waals surface area contributed by atoms with Gasteiger partial charge in [-0.3, -0.25) is 0 Å². The first-order chi connectivity index (χ1) is 18.1. The Morgan fingerprint density at radius 2 is 1.92 bits per heavy atom. The van der Waals surface area contributed by atoms with E-state index in [0.29, 0.717) is 36.6 Å². The van der Waals surface area contributed by atoms with Gasteiger partial charge in [-0.05, 0) is 76.2 Å². The maximum Gasteiger partial charge on any atom is 0.409 e. The molecule has 0 aliphatic carbocycles. The van der Waals surface area contributed by atoms with Crippen LogP contribution in [0.1, 0.15) is 39.0 Å². The number of hydrogen-bond acceptors (Lipinski definition) is 9. The number of anilines is 3. The monoisotopic (exact) mass is 512 g/mol. The van der Waals surface area contributed by atoms with Gasteiger partial charge >= 0.3 is 6.09 Å². The van der Waals surface area contributed by atoms with Crippen molar-refractivity contribution in [1.29, 1.82) is 0 Å². The van der Waals surface area contributed by atoms with Crippen molar-refractivity contribution in [2.24, 2.45) is 5.92 Å². The lowest BCUT2D eigenvalue weighted by Gasteiger charge is -2.31. The smallest absolute Gasteiger partial charge is 0.409 e. The number of nitrogens with one attached hydrogen (secondary N) is 2. The number of benzene rings is 1. The summed E-state index contributed by atoms with van der Waals surface area (Å²) in [5.74, 6) is 3.16. The molecule has 2 aliphatic heterocycles. The lowest BCUT2D eigenvalue weighted by atomic mass is 9.97. The lowest BCUT2D eigenvalue weighted by Crippen LogP contribution is -2.40. The molecule has 2 saturated heterocycles. The highest BCUT2D eigenvalue weighted by atomic mass is 16.6. The van der Waals surface area contributed by atoms with Crippen LogP contribution >= 0.6 is 0 Å². The fourth-order valence-corrected chi connectivity index (χ4v) is 4.77. The van der Waals surface area contributed by atoms with Crippen LogP contribution < -0.4 is 20.1 Å². The summed E-state index contributed by atoms with van der Waals surface area (Å²) < 4.78 is 16.6. The Morgan fingerprint density at radius 3 is 2.68 bits per heavy atom. The van der Waals surface area contributed by atoms with E-state index in [1.165, 1.54) is 25.9 Å². The van der Waals surface area contributed by atoms with E-state index in [0.717, 1.165) is 56.9 Å². The van der Waals surface area contributed by atoms with Gasteiger partial charge in [0.1, 0.15) is 5.82 Å². The van der Waals surface area contributed by atoms with E-state index in [-0.39, 0.29) is 6.09 Å². The molecule has 10 nitrogen and oxygen atoms in total. The summed E-state index contributed by atoms with van der Waals surface area (Å²) in [6.07, 6.45) is 6.99. The number of aromatic nitrogens is 2. The summed E-state index contributed by atoms with van der Waals surface area (Å²) >= 11 is 0. The quantitative estimate of drug-likeness (QED) is 0.401. The van der Waals surface area contributed by atoms with Gasteiger partial charge in [0.2, 0.25) is 5.95 Å². The van der Waals surface area contributed by atoms with Gasteiger partial charge in [-0.25, -0.2) is 9.78 Å². The first-order valence-corrected chi connectivity index (χ1v) is 13.4. The molecule has 2 N–H and O–H groups in total. The molecule has 1 aromatic carbocycles. The molecule has 2 aromatic rings. The first kappa shape index (κ1) is 26.8. The molecular weight excluding hydrogens is 472 g/mol. The number of ether oxygens (including phenoxy) is 3. The zero-order chi connectivity index (χ0) is 25.9. The second-order valence-corrected chi connectivity index (χ2v) is 9.52. The SMILES string of the molecule is CCOC(=O)N1CCC(CNc2ccnc(Nc3ccc(OC)c(OCCCN4CCCC4)c3)n2)CC1. The number of rotatable bonds is 12. The molecule has 2 aliphatic rings. The Kier molecular flexibility index (Phi) is 10.0. The Morgan fingerprint density at radius 1 is 1.11 bits per heavy atom. The van der Waals surface area contributed by atoms with Crippen LogP contribution in [0.25, 0.3) is 0 Å². The van der Waals surface area contributed by atoms with Crippen molar-refractivity contribution in [3.05, 3.63) is 30.5 Å². The molecule has 4 rings (SSSR count). The van der Waals surface area contributed by atoms with Gasteiger partial charge in [0.15, 0.2) is 11.5 Å². The van der Waals surface area contributed by atoms with E-state index < -0.39 is 0 Å². The molecule has 1 amide bonds. The third-order valence-electron chi connectivity index (χ3n) is 6.86.